The number of hydrogen-bond donors (Lipinski definition) is 1. The summed E-state index contributed by atoms with van der Waals surface area (Å²) in [5, 5.41) is 3.99. The van der Waals surface area contributed by atoms with Crippen LogP contribution in [-0.2, 0) is 11.4 Å². The molecule has 0 aliphatic carbocycles. The van der Waals surface area contributed by atoms with Crippen LogP contribution in [0, 0.1) is 20.8 Å². The van der Waals surface area contributed by atoms with Gasteiger partial charge in [-0.25, -0.2) is 5.43 Å². The monoisotopic (exact) mass is 402 g/mol. The topological polar surface area (TPSA) is 59.9 Å². The van der Waals surface area contributed by atoms with E-state index in [1.807, 2.05) is 87.5 Å². The van der Waals surface area contributed by atoms with Crippen molar-refractivity contribution in [2.75, 3.05) is 6.61 Å². The van der Waals surface area contributed by atoms with Gasteiger partial charge in [0.15, 0.2) is 6.61 Å². The molecule has 5 nitrogen and oxygen atoms in total. The summed E-state index contributed by atoms with van der Waals surface area (Å²) in [5.41, 5.74) is 7.64. The van der Waals surface area contributed by atoms with E-state index in [9.17, 15) is 4.79 Å². The number of nitrogens with zero attached hydrogens (tertiary/aromatic N) is 1. The molecular weight excluding hydrogens is 376 g/mol. The van der Waals surface area contributed by atoms with Gasteiger partial charge in [0.05, 0.1) is 6.21 Å². The predicted molar refractivity (Wildman–Crippen MR) is 119 cm³/mol. The lowest BCUT2D eigenvalue weighted by molar-refractivity contribution is -0.123. The fraction of sp³-hybridized carbons (Fsp3) is 0.200. The Labute approximate surface area is 177 Å². The van der Waals surface area contributed by atoms with Crippen LogP contribution in [0.3, 0.4) is 0 Å². The number of rotatable bonds is 8. The highest BCUT2D eigenvalue weighted by atomic mass is 16.5. The van der Waals surface area contributed by atoms with Crippen molar-refractivity contribution in [2.45, 2.75) is 27.4 Å². The molecule has 0 atom stereocenters. The second kappa shape index (κ2) is 10.3. The second-order valence-electron chi connectivity index (χ2n) is 7.08. The Kier molecular flexibility index (Phi) is 7.22. The Morgan fingerprint density at radius 2 is 1.60 bits per heavy atom. The van der Waals surface area contributed by atoms with E-state index in [0.29, 0.717) is 6.61 Å². The van der Waals surface area contributed by atoms with Crippen molar-refractivity contribution in [2.24, 2.45) is 5.10 Å². The molecule has 0 radical (unpaired) electrons. The van der Waals surface area contributed by atoms with Crippen LogP contribution in [0.25, 0.3) is 0 Å². The van der Waals surface area contributed by atoms with Crippen LogP contribution in [0.2, 0.25) is 0 Å². The third-order valence-electron chi connectivity index (χ3n) is 4.75. The zero-order chi connectivity index (χ0) is 21.3. The Morgan fingerprint density at radius 1 is 0.900 bits per heavy atom. The summed E-state index contributed by atoms with van der Waals surface area (Å²) in [5.74, 6) is 1.21. The molecule has 0 saturated carbocycles. The average molecular weight is 402 g/mol. The molecular formula is C25H26N2O3. The van der Waals surface area contributed by atoms with Gasteiger partial charge < -0.3 is 9.47 Å². The van der Waals surface area contributed by atoms with Crippen molar-refractivity contribution in [1.29, 1.82) is 0 Å². The highest BCUT2D eigenvalue weighted by Crippen LogP contribution is 2.25. The smallest absolute Gasteiger partial charge is 0.277 e. The number of ether oxygens (including phenoxy) is 2. The molecule has 0 saturated heterocycles. The van der Waals surface area contributed by atoms with Gasteiger partial charge in [-0.05, 0) is 72.9 Å². The third kappa shape index (κ3) is 5.95. The summed E-state index contributed by atoms with van der Waals surface area (Å²) >= 11 is 0. The van der Waals surface area contributed by atoms with E-state index in [2.05, 4.69) is 10.5 Å². The van der Waals surface area contributed by atoms with Crippen molar-refractivity contribution in [3.05, 3.63) is 94.5 Å². The summed E-state index contributed by atoms with van der Waals surface area (Å²) in [7, 11) is 0. The fourth-order valence-corrected chi connectivity index (χ4v) is 2.89. The third-order valence-corrected chi connectivity index (χ3v) is 4.75. The first-order chi connectivity index (χ1) is 14.5. The molecule has 3 aromatic rings. The van der Waals surface area contributed by atoms with E-state index < -0.39 is 0 Å². The molecule has 1 amide bonds. The van der Waals surface area contributed by atoms with Crippen molar-refractivity contribution in [3.8, 4) is 11.5 Å². The zero-order valence-corrected chi connectivity index (χ0v) is 17.5. The Morgan fingerprint density at radius 3 is 2.33 bits per heavy atom. The minimum atomic E-state index is -0.311. The molecule has 0 aromatic heterocycles. The molecule has 3 rings (SSSR count). The Bertz CT molecular complexity index is 1010. The first-order valence-corrected chi connectivity index (χ1v) is 9.81. The molecule has 0 aliphatic heterocycles. The van der Waals surface area contributed by atoms with Crippen molar-refractivity contribution >= 4 is 12.1 Å². The van der Waals surface area contributed by atoms with Crippen LogP contribution in [0.15, 0.2) is 71.8 Å². The lowest BCUT2D eigenvalue weighted by atomic mass is 10.1. The molecule has 0 unspecified atom stereocenters. The van der Waals surface area contributed by atoms with Crippen molar-refractivity contribution < 1.29 is 14.3 Å². The SMILES string of the molecule is Cc1ccc(C)c(OCC(=O)N/N=C\c2ccc(OCc3ccccc3)cc2)c1C. The molecule has 0 aliphatic rings. The van der Waals surface area contributed by atoms with E-state index in [4.69, 9.17) is 9.47 Å². The first kappa shape index (κ1) is 21.1. The number of hydrazone groups is 1. The molecule has 0 bridgehead atoms. The number of amides is 1. The summed E-state index contributed by atoms with van der Waals surface area (Å²) in [6.07, 6.45) is 1.59. The molecule has 30 heavy (non-hydrogen) atoms. The van der Waals surface area contributed by atoms with Gasteiger partial charge in [-0.3, -0.25) is 4.79 Å². The van der Waals surface area contributed by atoms with Gasteiger partial charge in [0.25, 0.3) is 5.91 Å². The fourth-order valence-electron chi connectivity index (χ4n) is 2.89. The number of benzene rings is 3. The Hall–Kier alpha value is -3.60. The highest BCUT2D eigenvalue weighted by Gasteiger charge is 2.08. The van der Waals surface area contributed by atoms with Gasteiger partial charge in [0.2, 0.25) is 0 Å². The molecule has 3 aromatic carbocycles. The normalized spacial score (nSPS) is 10.8. The van der Waals surface area contributed by atoms with E-state index in [1.54, 1.807) is 6.21 Å². The van der Waals surface area contributed by atoms with Gasteiger partial charge in [-0.2, -0.15) is 5.10 Å². The number of hydrogen-bond acceptors (Lipinski definition) is 4. The predicted octanol–water partition coefficient (Wildman–Crippen LogP) is 4.72. The number of aryl methyl sites for hydroxylation is 2. The van der Waals surface area contributed by atoms with Gasteiger partial charge >= 0.3 is 0 Å². The van der Waals surface area contributed by atoms with E-state index in [0.717, 1.165) is 39.3 Å². The lowest BCUT2D eigenvalue weighted by Crippen LogP contribution is -2.25. The van der Waals surface area contributed by atoms with Gasteiger partial charge in [-0.1, -0.05) is 42.5 Å². The van der Waals surface area contributed by atoms with Crippen LogP contribution in [0.5, 0.6) is 11.5 Å². The minimum absolute atomic E-state index is 0.0886. The van der Waals surface area contributed by atoms with E-state index >= 15 is 0 Å². The molecule has 1 N–H and O–H groups in total. The maximum Gasteiger partial charge on any atom is 0.277 e. The van der Waals surface area contributed by atoms with E-state index in [-0.39, 0.29) is 12.5 Å². The summed E-state index contributed by atoms with van der Waals surface area (Å²) < 4.78 is 11.5. The molecule has 0 heterocycles. The molecule has 5 heteroatoms. The van der Waals surface area contributed by atoms with Crippen LogP contribution in [-0.4, -0.2) is 18.7 Å². The standard InChI is InChI=1S/C25H26N2O3/c1-18-9-10-19(2)25(20(18)3)30-17-24(28)27-26-15-21-11-13-23(14-12-21)29-16-22-7-5-4-6-8-22/h4-15H,16-17H2,1-3H3,(H,27,28)/b26-15-. The molecule has 154 valence electrons. The van der Waals surface area contributed by atoms with E-state index in [1.165, 1.54) is 0 Å². The number of carbonyl (C=O) groups is 1. The van der Waals surface area contributed by atoms with Crippen LogP contribution in [0.1, 0.15) is 27.8 Å². The molecule has 0 spiro atoms. The Balaban J connectivity index is 1.46. The maximum atomic E-state index is 12.0. The zero-order valence-electron chi connectivity index (χ0n) is 17.5. The maximum absolute atomic E-state index is 12.0. The van der Waals surface area contributed by atoms with Crippen LogP contribution < -0.4 is 14.9 Å². The summed E-state index contributed by atoms with van der Waals surface area (Å²) in [6.45, 7) is 6.40. The van der Waals surface area contributed by atoms with Crippen LogP contribution >= 0.6 is 0 Å². The number of nitrogens with one attached hydrogen (secondary N) is 1. The summed E-state index contributed by atoms with van der Waals surface area (Å²) in [6, 6.07) is 21.5. The lowest BCUT2D eigenvalue weighted by Gasteiger charge is -2.13. The second-order valence-corrected chi connectivity index (χ2v) is 7.08. The number of carbonyl (C=O) groups excluding carboxylic acids is 1. The average Bonchev–Trinajstić information content (AvgIpc) is 2.76. The van der Waals surface area contributed by atoms with Gasteiger partial charge in [0, 0.05) is 0 Å². The largest absolute Gasteiger partial charge is 0.489 e. The minimum Gasteiger partial charge on any atom is -0.489 e. The van der Waals surface area contributed by atoms with Gasteiger partial charge in [0.1, 0.15) is 18.1 Å². The van der Waals surface area contributed by atoms with Crippen molar-refractivity contribution in [1.82, 2.24) is 5.43 Å². The first-order valence-electron chi connectivity index (χ1n) is 9.81. The summed E-state index contributed by atoms with van der Waals surface area (Å²) in [4.78, 5) is 12.0. The quantitative estimate of drug-likeness (QED) is 0.438. The van der Waals surface area contributed by atoms with Crippen molar-refractivity contribution in [3.63, 3.8) is 0 Å². The molecule has 0 fully saturated rings. The van der Waals surface area contributed by atoms with Crippen LogP contribution in [0.4, 0.5) is 0 Å². The highest BCUT2D eigenvalue weighted by molar-refractivity contribution is 5.83. The van der Waals surface area contributed by atoms with Gasteiger partial charge in [-0.15, -0.1) is 0 Å².